The van der Waals surface area contributed by atoms with Gasteiger partial charge in [0.05, 0.1) is 16.6 Å². The molecule has 0 saturated carbocycles. The van der Waals surface area contributed by atoms with E-state index >= 15 is 0 Å². The van der Waals surface area contributed by atoms with Gasteiger partial charge >= 0.3 is 5.97 Å². The van der Waals surface area contributed by atoms with Crippen LogP contribution < -0.4 is 9.47 Å². The molecule has 2 aliphatic heterocycles. The number of amides is 1. The fourth-order valence-corrected chi connectivity index (χ4v) is 6.64. The normalized spacial score (nSPS) is 18.4. The molecule has 4 aromatic rings. The maximum Gasteiger partial charge on any atom is 0.321 e. The van der Waals surface area contributed by atoms with E-state index in [0.717, 1.165) is 34.2 Å². The molecule has 4 aromatic carbocycles. The summed E-state index contributed by atoms with van der Waals surface area (Å²) >= 11 is 12.3. The molecule has 7 nitrogen and oxygen atoms in total. The van der Waals surface area contributed by atoms with Crippen LogP contribution in [0.1, 0.15) is 65.9 Å². The molecule has 0 saturated heterocycles. The number of hydrogen-bond donors (Lipinski definition) is 1. The van der Waals surface area contributed by atoms with Gasteiger partial charge in [0, 0.05) is 32.1 Å². The Labute approximate surface area is 283 Å². The van der Waals surface area contributed by atoms with Crippen molar-refractivity contribution in [2.75, 3.05) is 6.54 Å². The number of ether oxygens (including phenoxy) is 2. The van der Waals surface area contributed by atoms with Crippen molar-refractivity contribution in [3.63, 3.8) is 0 Å². The van der Waals surface area contributed by atoms with Gasteiger partial charge < -0.3 is 19.5 Å². The fraction of sp³-hybridized carbons (Fsp3) is 0.297. The molecule has 47 heavy (non-hydrogen) atoms. The van der Waals surface area contributed by atoms with Gasteiger partial charge in [-0.25, -0.2) is 4.39 Å². The molecule has 2 aliphatic rings. The lowest BCUT2D eigenvalue weighted by Crippen LogP contribution is -2.45. The Balaban J connectivity index is 1.25. The van der Waals surface area contributed by atoms with Crippen LogP contribution in [-0.4, -0.2) is 39.4 Å². The van der Waals surface area contributed by atoms with Crippen LogP contribution in [0.25, 0.3) is 0 Å². The minimum atomic E-state index is -0.932. The van der Waals surface area contributed by atoms with E-state index in [1.165, 1.54) is 19.1 Å². The summed E-state index contributed by atoms with van der Waals surface area (Å²) in [7, 11) is 0. The fourth-order valence-electron chi connectivity index (χ4n) is 6.33. The maximum atomic E-state index is 13.9. The maximum absolute atomic E-state index is 13.9. The van der Waals surface area contributed by atoms with Gasteiger partial charge in [0.15, 0.2) is 0 Å². The van der Waals surface area contributed by atoms with E-state index in [2.05, 4.69) is 0 Å². The second-order valence-electron chi connectivity index (χ2n) is 12.1. The lowest BCUT2D eigenvalue weighted by Gasteiger charge is -2.35. The van der Waals surface area contributed by atoms with Crippen molar-refractivity contribution < 1.29 is 28.6 Å². The highest BCUT2D eigenvalue weighted by atomic mass is 35.5. The highest BCUT2D eigenvalue weighted by molar-refractivity contribution is 6.42. The summed E-state index contributed by atoms with van der Waals surface area (Å²) in [6, 6.07) is 22.6. The van der Waals surface area contributed by atoms with E-state index in [9.17, 15) is 19.1 Å². The van der Waals surface area contributed by atoms with Crippen LogP contribution in [0.3, 0.4) is 0 Å². The number of hydrogen-bond acceptors (Lipinski definition) is 5. The molecule has 0 aromatic heterocycles. The molecule has 10 heteroatoms. The van der Waals surface area contributed by atoms with Crippen LogP contribution in [0.4, 0.5) is 4.39 Å². The molecule has 2 heterocycles. The SMILES string of the molecule is CC[C@@H](Oc1ccc([C@H]2CN(C(C)=O)Cc3cc4c(cc3O2)CN(Cc2cccc(F)c2)[C@H](C(=O)O)C4)cc1)c1ccc(Cl)c(Cl)c1. The molecule has 3 atom stereocenters. The lowest BCUT2D eigenvalue weighted by atomic mass is 9.91. The number of benzene rings is 4. The van der Waals surface area contributed by atoms with Crippen LogP contribution in [0.2, 0.25) is 10.0 Å². The quantitative estimate of drug-likeness (QED) is 0.203. The van der Waals surface area contributed by atoms with Crippen LogP contribution in [0.5, 0.6) is 11.5 Å². The zero-order chi connectivity index (χ0) is 33.2. The second kappa shape index (κ2) is 13.9. The minimum Gasteiger partial charge on any atom is -0.486 e. The predicted octanol–water partition coefficient (Wildman–Crippen LogP) is 8.16. The van der Waals surface area contributed by atoms with E-state index in [1.807, 2.05) is 60.4 Å². The Bertz CT molecular complexity index is 1800. The van der Waals surface area contributed by atoms with E-state index in [1.54, 1.807) is 23.1 Å². The van der Waals surface area contributed by atoms with Gasteiger partial charge in [-0.1, -0.05) is 60.5 Å². The average molecular weight is 678 g/mol. The van der Waals surface area contributed by atoms with E-state index in [4.69, 9.17) is 32.7 Å². The smallest absolute Gasteiger partial charge is 0.321 e. The van der Waals surface area contributed by atoms with Crippen molar-refractivity contribution in [3.8, 4) is 11.5 Å². The number of halogens is 3. The van der Waals surface area contributed by atoms with Crippen LogP contribution in [0, 0.1) is 5.82 Å². The number of carbonyl (C=O) groups is 2. The van der Waals surface area contributed by atoms with Gasteiger partial charge in [0.2, 0.25) is 5.91 Å². The first-order chi connectivity index (χ1) is 22.6. The Morgan fingerprint density at radius 2 is 1.77 bits per heavy atom. The number of carbonyl (C=O) groups excluding carboxylic acids is 1. The summed E-state index contributed by atoms with van der Waals surface area (Å²) in [5.41, 5.74) is 5.21. The molecule has 0 aliphatic carbocycles. The number of carboxylic acids is 1. The number of carboxylic acid groups (broad SMARTS) is 1. The third-order valence-electron chi connectivity index (χ3n) is 8.85. The average Bonchev–Trinajstić information content (AvgIpc) is 3.23. The van der Waals surface area contributed by atoms with Gasteiger partial charge in [0.1, 0.15) is 35.6 Å². The van der Waals surface area contributed by atoms with Crippen molar-refractivity contribution >= 4 is 35.1 Å². The van der Waals surface area contributed by atoms with Gasteiger partial charge in [-0.2, -0.15) is 0 Å². The Kier molecular flexibility index (Phi) is 9.73. The standard InChI is InChI=1S/C37H35Cl2FN2O5/c1-3-34(25-9-12-31(38)32(39)15-25)46-30-10-7-24(8-11-30)36-21-41(22(2)43)20-28-14-26-16-33(37(44)45)42(19-27(26)17-35(28)47-36)18-23-5-4-6-29(40)13-23/h4-15,17,33-34,36H,3,16,18-21H2,1-2H3,(H,44,45)/t33-,34+,36+/m0/s1. The summed E-state index contributed by atoms with van der Waals surface area (Å²) < 4.78 is 26.8. The zero-order valence-corrected chi connectivity index (χ0v) is 27.6. The summed E-state index contributed by atoms with van der Waals surface area (Å²) in [4.78, 5) is 28.6. The highest BCUT2D eigenvalue weighted by Crippen LogP contribution is 2.37. The summed E-state index contributed by atoms with van der Waals surface area (Å²) in [6.45, 7) is 4.93. The van der Waals surface area contributed by atoms with Gasteiger partial charge in [-0.05, 0) is 89.2 Å². The van der Waals surface area contributed by atoms with Crippen molar-refractivity contribution in [3.05, 3.63) is 128 Å². The van der Waals surface area contributed by atoms with E-state index in [0.29, 0.717) is 59.7 Å². The largest absolute Gasteiger partial charge is 0.486 e. The second-order valence-corrected chi connectivity index (χ2v) is 12.9. The van der Waals surface area contributed by atoms with Crippen LogP contribution >= 0.6 is 23.2 Å². The first kappa shape index (κ1) is 32.8. The van der Waals surface area contributed by atoms with Crippen LogP contribution in [0.15, 0.2) is 78.9 Å². The molecule has 244 valence electrons. The molecule has 1 N–H and O–H groups in total. The first-order valence-corrected chi connectivity index (χ1v) is 16.3. The van der Waals surface area contributed by atoms with Gasteiger partial charge in [-0.3, -0.25) is 14.5 Å². The molecular weight excluding hydrogens is 642 g/mol. The minimum absolute atomic E-state index is 0.0822. The molecule has 6 rings (SSSR count). The number of nitrogens with zero attached hydrogens (tertiary/aromatic N) is 2. The zero-order valence-electron chi connectivity index (χ0n) is 26.1. The Hall–Kier alpha value is -4.11. The lowest BCUT2D eigenvalue weighted by molar-refractivity contribution is -0.144. The summed E-state index contributed by atoms with van der Waals surface area (Å²) in [5.74, 6) is -0.0325. The highest BCUT2D eigenvalue weighted by Gasteiger charge is 2.34. The van der Waals surface area contributed by atoms with Crippen molar-refractivity contribution in [2.24, 2.45) is 0 Å². The van der Waals surface area contributed by atoms with E-state index < -0.39 is 18.1 Å². The predicted molar refractivity (Wildman–Crippen MR) is 178 cm³/mol. The van der Waals surface area contributed by atoms with Gasteiger partial charge in [-0.15, -0.1) is 0 Å². The molecule has 1 amide bonds. The summed E-state index contributed by atoms with van der Waals surface area (Å²) in [6.07, 6.45) is 0.368. The van der Waals surface area contributed by atoms with Crippen molar-refractivity contribution in [2.45, 2.75) is 64.6 Å². The molecular formula is C37H35Cl2FN2O5. The van der Waals surface area contributed by atoms with Crippen molar-refractivity contribution in [1.29, 1.82) is 0 Å². The molecule has 0 unspecified atom stereocenters. The number of aliphatic carboxylic acids is 1. The van der Waals surface area contributed by atoms with Crippen molar-refractivity contribution in [1.82, 2.24) is 9.80 Å². The number of rotatable bonds is 8. The molecule has 0 radical (unpaired) electrons. The van der Waals surface area contributed by atoms with Crippen LogP contribution in [-0.2, 0) is 35.6 Å². The Morgan fingerprint density at radius 1 is 0.979 bits per heavy atom. The topological polar surface area (TPSA) is 79.3 Å². The van der Waals surface area contributed by atoms with E-state index in [-0.39, 0.29) is 17.8 Å². The summed E-state index contributed by atoms with van der Waals surface area (Å²) in [5, 5.41) is 11.0. The third-order valence-corrected chi connectivity index (χ3v) is 9.59. The third kappa shape index (κ3) is 7.40. The van der Waals surface area contributed by atoms with Gasteiger partial charge in [0.25, 0.3) is 0 Å². The molecule has 0 spiro atoms. The monoisotopic (exact) mass is 676 g/mol. The number of fused-ring (bicyclic) bond motifs is 2. The Morgan fingerprint density at radius 3 is 2.45 bits per heavy atom. The molecule has 0 fully saturated rings. The molecule has 0 bridgehead atoms. The first-order valence-electron chi connectivity index (χ1n) is 15.6.